The van der Waals surface area contributed by atoms with Gasteiger partial charge < -0.3 is 0 Å². The first-order valence-corrected chi connectivity index (χ1v) is 7.66. The Morgan fingerprint density at radius 3 is 2.32 bits per heavy atom. The van der Waals surface area contributed by atoms with Crippen LogP contribution in [0.15, 0.2) is 34.2 Å². The molecule has 0 unspecified atom stereocenters. The average Bonchev–Trinajstić information content (AvgIpc) is 2.40. The Labute approximate surface area is 113 Å². The molecule has 6 heteroatoms. The fraction of sp³-hybridized carbons (Fsp3) is 0.462. The highest BCUT2D eigenvalue weighted by Gasteiger charge is 2.27. The number of carbonyl (C=O) groups excluding carboxylic acids is 1. The third-order valence-corrected chi connectivity index (χ3v) is 5.30. The first kappa shape index (κ1) is 13.9. The predicted octanol–water partition coefficient (Wildman–Crippen LogP) is 2.07. The number of sulfonamides is 1. The summed E-state index contributed by atoms with van der Waals surface area (Å²) < 4.78 is 26.3. The van der Waals surface area contributed by atoms with E-state index in [1.165, 1.54) is 34.7 Å². The average molecular weight is 280 g/mol. The van der Waals surface area contributed by atoms with E-state index >= 15 is 0 Å². The number of isocyanates is 1. The Hall–Kier alpha value is -1.49. The van der Waals surface area contributed by atoms with Crippen LogP contribution in [0.2, 0.25) is 0 Å². The molecule has 1 aromatic carbocycles. The van der Waals surface area contributed by atoms with E-state index < -0.39 is 10.0 Å². The van der Waals surface area contributed by atoms with E-state index in [2.05, 4.69) is 11.9 Å². The normalized spacial score (nSPS) is 17.9. The second-order valence-electron chi connectivity index (χ2n) is 4.78. The SMILES string of the molecule is CC1CCN(S(=O)(=O)c2ccc(N=C=O)cc2)CC1. The highest BCUT2D eigenvalue weighted by atomic mass is 32.2. The number of rotatable bonds is 3. The van der Waals surface area contributed by atoms with Gasteiger partial charge in [0.15, 0.2) is 0 Å². The summed E-state index contributed by atoms with van der Waals surface area (Å²) in [5, 5.41) is 0. The zero-order chi connectivity index (χ0) is 13.9. The van der Waals surface area contributed by atoms with Crippen molar-refractivity contribution in [1.29, 1.82) is 0 Å². The van der Waals surface area contributed by atoms with E-state index in [9.17, 15) is 13.2 Å². The van der Waals surface area contributed by atoms with Crippen molar-refractivity contribution in [3.63, 3.8) is 0 Å². The molecule has 1 fully saturated rings. The molecule has 0 bridgehead atoms. The fourth-order valence-electron chi connectivity index (χ4n) is 2.12. The van der Waals surface area contributed by atoms with Gasteiger partial charge in [-0.3, -0.25) is 0 Å². The van der Waals surface area contributed by atoms with Crippen LogP contribution in [0.1, 0.15) is 19.8 Å². The number of aliphatic imine (C=N–C) groups is 1. The third-order valence-electron chi connectivity index (χ3n) is 3.39. The van der Waals surface area contributed by atoms with Crippen LogP contribution in [-0.4, -0.2) is 31.9 Å². The van der Waals surface area contributed by atoms with Gasteiger partial charge in [-0.05, 0) is 43.0 Å². The van der Waals surface area contributed by atoms with Crippen LogP contribution in [0.5, 0.6) is 0 Å². The van der Waals surface area contributed by atoms with Crippen molar-refractivity contribution in [3.8, 4) is 0 Å². The molecule has 1 saturated heterocycles. The van der Waals surface area contributed by atoms with E-state index in [4.69, 9.17) is 0 Å². The molecule has 0 radical (unpaired) electrons. The minimum atomic E-state index is -3.42. The lowest BCUT2D eigenvalue weighted by molar-refractivity contribution is 0.288. The lowest BCUT2D eigenvalue weighted by Gasteiger charge is -2.29. The van der Waals surface area contributed by atoms with Gasteiger partial charge in [0, 0.05) is 13.1 Å². The van der Waals surface area contributed by atoms with Gasteiger partial charge in [-0.25, -0.2) is 13.2 Å². The van der Waals surface area contributed by atoms with Crippen LogP contribution in [0.3, 0.4) is 0 Å². The van der Waals surface area contributed by atoms with Gasteiger partial charge in [-0.15, -0.1) is 0 Å². The van der Waals surface area contributed by atoms with Crippen molar-refractivity contribution < 1.29 is 13.2 Å². The molecule has 1 heterocycles. The molecule has 0 N–H and O–H groups in total. The highest BCUT2D eigenvalue weighted by Crippen LogP contribution is 2.24. The molecule has 0 aliphatic carbocycles. The molecule has 0 aromatic heterocycles. The topological polar surface area (TPSA) is 66.8 Å². The monoisotopic (exact) mass is 280 g/mol. The van der Waals surface area contributed by atoms with Crippen molar-refractivity contribution in [2.45, 2.75) is 24.7 Å². The molecule has 1 aliphatic heterocycles. The van der Waals surface area contributed by atoms with Crippen LogP contribution in [0.25, 0.3) is 0 Å². The van der Waals surface area contributed by atoms with Crippen LogP contribution in [0, 0.1) is 5.92 Å². The molecule has 5 nitrogen and oxygen atoms in total. The first-order chi connectivity index (χ1) is 9.04. The van der Waals surface area contributed by atoms with Crippen molar-refractivity contribution in [3.05, 3.63) is 24.3 Å². The maximum Gasteiger partial charge on any atom is 0.243 e. The number of hydrogen-bond donors (Lipinski definition) is 0. The summed E-state index contributed by atoms with van der Waals surface area (Å²) in [6.07, 6.45) is 3.22. The van der Waals surface area contributed by atoms with Crippen molar-refractivity contribution in [2.75, 3.05) is 13.1 Å². The van der Waals surface area contributed by atoms with E-state index in [0.29, 0.717) is 24.7 Å². The van der Waals surface area contributed by atoms with Crippen LogP contribution in [0.4, 0.5) is 5.69 Å². The fourth-order valence-corrected chi connectivity index (χ4v) is 3.59. The smallest absolute Gasteiger partial charge is 0.211 e. The molecule has 0 atom stereocenters. The largest absolute Gasteiger partial charge is 0.243 e. The first-order valence-electron chi connectivity index (χ1n) is 6.22. The predicted molar refractivity (Wildman–Crippen MR) is 71.4 cm³/mol. The van der Waals surface area contributed by atoms with Crippen molar-refractivity contribution >= 4 is 21.8 Å². The Kier molecular flexibility index (Phi) is 4.14. The Morgan fingerprint density at radius 2 is 1.79 bits per heavy atom. The molecule has 0 spiro atoms. The quantitative estimate of drug-likeness (QED) is 0.629. The van der Waals surface area contributed by atoms with E-state index in [1.54, 1.807) is 0 Å². The summed E-state index contributed by atoms with van der Waals surface area (Å²) in [5.41, 5.74) is 0.404. The maximum absolute atomic E-state index is 12.4. The van der Waals surface area contributed by atoms with Crippen molar-refractivity contribution in [2.24, 2.45) is 10.9 Å². The maximum atomic E-state index is 12.4. The van der Waals surface area contributed by atoms with Gasteiger partial charge in [-0.2, -0.15) is 9.30 Å². The Morgan fingerprint density at radius 1 is 1.21 bits per heavy atom. The van der Waals surface area contributed by atoms with Crippen LogP contribution >= 0.6 is 0 Å². The van der Waals surface area contributed by atoms with Gasteiger partial charge in [0.25, 0.3) is 0 Å². The summed E-state index contributed by atoms with van der Waals surface area (Å²) in [5.74, 6) is 0.579. The molecule has 2 rings (SSSR count). The Bertz CT molecular complexity index is 581. The van der Waals surface area contributed by atoms with E-state index in [1.807, 2.05) is 0 Å². The third kappa shape index (κ3) is 3.10. The second kappa shape index (κ2) is 5.65. The van der Waals surface area contributed by atoms with Crippen molar-refractivity contribution in [1.82, 2.24) is 4.31 Å². The molecule has 19 heavy (non-hydrogen) atoms. The standard InChI is InChI=1S/C13H16N2O3S/c1-11-6-8-15(9-7-11)19(17,18)13-4-2-12(3-5-13)14-10-16/h2-5,11H,6-9H2,1H3. The minimum Gasteiger partial charge on any atom is -0.211 e. The van der Waals surface area contributed by atoms with Gasteiger partial charge in [-0.1, -0.05) is 6.92 Å². The molecule has 0 saturated carbocycles. The summed E-state index contributed by atoms with van der Waals surface area (Å²) in [6, 6.07) is 5.96. The summed E-state index contributed by atoms with van der Waals surface area (Å²) in [4.78, 5) is 13.8. The molecule has 0 amide bonds. The zero-order valence-corrected chi connectivity index (χ0v) is 11.6. The molecule has 102 valence electrons. The van der Waals surface area contributed by atoms with E-state index in [-0.39, 0.29) is 4.90 Å². The zero-order valence-electron chi connectivity index (χ0n) is 10.7. The molecular weight excluding hydrogens is 264 g/mol. The summed E-state index contributed by atoms with van der Waals surface area (Å²) in [7, 11) is -3.42. The second-order valence-corrected chi connectivity index (χ2v) is 6.72. The van der Waals surface area contributed by atoms with E-state index in [0.717, 1.165) is 12.8 Å². The number of benzene rings is 1. The lowest BCUT2D eigenvalue weighted by atomic mass is 10.0. The van der Waals surface area contributed by atoms with Crippen LogP contribution < -0.4 is 0 Å². The minimum absolute atomic E-state index is 0.243. The summed E-state index contributed by atoms with van der Waals surface area (Å²) in [6.45, 7) is 3.27. The van der Waals surface area contributed by atoms with Gasteiger partial charge in [0.2, 0.25) is 16.1 Å². The van der Waals surface area contributed by atoms with Gasteiger partial charge in [0.05, 0.1) is 10.6 Å². The number of nitrogens with zero attached hydrogens (tertiary/aromatic N) is 2. The molecule has 1 aromatic rings. The number of piperidine rings is 1. The number of hydrogen-bond acceptors (Lipinski definition) is 4. The van der Waals surface area contributed by atoms with Crippen LogP contribution in [-0.2, 0) is 14.8 Å². The van der Waals surface area contributed by atoms with Gasteiger partial charge >= 0.3 is 0 Å². The van der Waals surface area contributed by atoms with Gasteiger partial charge in [0.1, 0.15) is 0 Å². The lowest BCUT2D eigenvalue weighted by Crippen LogP contribution is -2.37. The highest BCUT2D eigenvalue weighted by molar-refractivity contribution is 7.89. The molecular formula is C13H16N2O3S. The molecule has 1 aliphatic rings. The Balaban J connectivity index is 2.21. The summed E-state index contributed by atoms with van der Waals surface area (Å²) >= 11 is 0.